The van der Waals surface area contributed by atoms with Crippen molar-refractivity contribution >= 4 is 11.9 Å². The first-order valence-electron chi connectivity index (χ1n) is 10.9. The zero-order chi connectivity index (χ0) is 21.4. The van der Waals surface area contributed by atoms with Crippen molar-refractivity contribution in [2.24, 2.45) is 22.7 Å². The second-order valence-corrected chi connectivity index (χ2v) is 10.1. The third-order valence-electron chi connectivity index (χ3n) is 7.57. The van der Waals surface area contributed by atoms with Crippen LogP contribution in [-0.2, 0) is 23.8 Å². The van der Waals surface area contributed by atoms with E-state index in [9.17, 15) is 9.59 Å². The standard InChI is InChI=1S/C24H36O5/c1-15-8-9-21-23(4,5)10-7-11-24(21,6)19(15)13-20-18(14-27-16(2)25)12-22(29-20)28-17(3)26/h14,19-22H,1,7-13H2,2-6H3/b18-14+/t19-,20-,21?,22+,24+/m0/s1. The summed E-state index contributed by atoms with van der Waals surface area (Å²) in [5, 5.41) is 0. The molecule has 3 rings (SSSR count). The van der Waals surface area contributed by atoms with E-state index in [0.717, 1.165) is 18.4 Å². The summed E-state index contributed by atoms with van der Waals surface area (Å²) in [6, 6.07) is 0. The van der Waals surface area contributed by atoms with Gasteiger partial charge in [0.1, 0.15) is 0 Å². The van der Waals surface area contributed by atoms with Gasteiger partial charge in [-0.25, -0.2) is 0 Å². The monoisotopic (exact) mass is 404 g/mol. The minimum atomic E-state index is -0.623. The van der Waals surface area contributed by atoms with Crippen molar-refractivity contribution in [3.05, 3.63) is 24.0 Å². The lowest BCUT2D eigenvalue weighted by Gasteiger charge is -2.58. The molecule has 3 aliphatic rings. The van der Waals surface area contributed by atoms with Gasteiger partial charge in [0.25, 0.3) is 0 Å². The largest absolute Gasteiger partial charge is 0.436 e. The van der Waals surface area contributed by atoms with Crippen molar-refractivity contribution in [3.63, 3.8) is 0 Å². The predicted molar refractivity (Wildman–Crippen MR) is 111 cm³/mol. The Kier molecular flexibility index (Phi) is 6.28. The molecule has 1 aliphatic heterocycles. The first kappa shape index (κ1) is 22.1. The quantitative estimate of drug-likeness (QED) is 0.361. The van der Waals surface area contributed by atoms with Gasteiger partial charge >= 0.3 is 11.9 Å². The van der Waals surface area contributed by atoms with Crippen LogP contribution in [0.2, 0.25) is 0 Å². The van der Waals surface area contributed by atoms with Crippen molar-refractivity contribution in [1.82, 2.24) is 0 Å². The van der Waals surface area contributed by atoms with Crippen LogP contribution in [0.3, 0.4) is 0 Å². The number of rotatable bonds is 4. The molecule has 2 saturated carbocycles. The summed E-state index contributed by atoms with van der Waals surface area (Å²) in [7, 11) is 0. The van der Waals surface area contributed by atoms with E-state index in [1.165, 1.54) is 51.4 Å². The molecule has 162 valence electrons. The summed E-state index contributed by atoms with van der Waals surface area (Å²) in [4.78, 5) is 22.7. The van der Waals surface area contributed by atoms with Crippen LogP contribution in [0.1, 0.15) is 79.6 Å². The van der Waals surface area contributed by atoms with Crippen molar-refractivity contribution in [3.8, 4) is 0 Å². The number of carbonyl (C=O) groups excluding carboxylic acids is 2. The van der Waals surface area contributed by atoms with Gasteiger partial charge in [-0.1, -0.05) is 39.3 Å². The number of fused-ring (bicyclic) bond motifs is 1. The van der Waals surface area contributed by atoms with E-state index in [0.29, 0.717) is 23.7 Å². The fourth-order valence-corrected chi connectivity index (χ4v) is 6.31. The Labute approximate surface area is 174 Å². The summed E-state index contributed by atoms with van der Waals surface area (Å²) in [6.07, 6.45) is 7.83. The Morgan fingerprint density at radius 2 is 1.93 bits per heavy atom. The number of carbonyl (C=O) groups is 2. The highest BCUT2D eigenvalue weighted by molar-refractivity contribution is 5.67. The third kappa shape index (κ3) is 4.60. The fraction of sp³-hybridized carbons (Fsp3) is 0.750. The first-order chi connectivity index (χ1) is 13.5. The highest BCUT2D eigenvalue weighted by Gasteiger charge is 2.53. The van der Waals surface area contributed by atoms with Crippen LogP contribution >= 0.6 is 0 Å². The second kappa shape index (κ2) is 8.25. The molecule has 5 heteroatoms. The molecule has 2 aliphatic carbocycles. The third-order valence-corrected chi connectivity index (χ3v) is 7.57. The van der Waals surface area contributed by atoms with Crippen LogP contribution in [0, 0.1) is 22.7 Å². The van der Waals surface area contributed by atoms with E-state index < -0.39 is 6.29 Å². The van der Waals surface area contributed by atoms with Crippen LogP contribution in [-0.4, -0.2) is 24.3 Å². The molecule has 0 aromatic heterocycles. The van der Waals surface area contributed by atoms with Crippen molar-refractivity contribution in [2.75, 3.05) is 0 Å². The Morgan fingerprint density at radius 3 is 2.59 bits per heavy atom. The molecular weight excluding hydrogens is 368 g/mol. The first-order valence-corrected chi connectivity index (χ1v) is 10.9. The lowest BCUT2D eigenvalue weighted by molar-refractivity contribution is -0.174. The van der Waals surface area contributed by atoms with E-state index in [2.05, 4.69) is 27.4 Å². The molecule has 5 nitrogen and oxygen atoms in total. The van der Waals surface area contributed by atoms with Gasteiger partial charge in [-0.2, -0.15) is 0 Å². The lowest BCUT2D eigenvalue weighted by atomic mass is 9.47. The molecule has 0 amide bonds. The van der Waals surface area contributed by atoms with Gasteiger partial charge in [-0.15, -0.1) is 0 Å². The van der Waals surface area contributed by atoms with Crippen LogP contribution in [0.5, 0.6) is 0 Å². The van der Waals surface area contributed by atoms with Gasteiger partial charge < -0.3 is 14.2 Å². The number of hydrogen-bond donors (Lipinski definition) is 0. The fourth-order valence-electron chi connectivity index (χ4n) is 6.31. The van der Waals surface area contributed by atoms with E-state index in [-0.39, 0.29) is 23.5 Å². The van der Waals surface area contributed by atoms with Gasteiger partial charge in [0.2, 0.25) is 6.29 Å². The Balaban J connectivity index is 1.84. The lowest BCUT2D eigenvalue weighted by Crippen LogP contribution is -2.50. The Bertz CT molecular complexity index is 706. The summed E-state index contributed by atoms with van der Waals surface area (Å²) >= 11 is 0. The molecule has 1 saturated heterocycles. The average Bonchev–Trinajstić information content (AvgIpc) is 2.96. The van der Waals surface area contributed by atoms with Gasteiger partial charge in [-0.3, -0.25) is 9.59 Å². The molecule has 0 aromatic carbocycles. The summed E-state index contributed by atoms with van der Waals surface area (Å²) < 4.78 is 16.5. The van der Waals surface area contributed by atoms with Crippen molar-refractivity contribution in [1.29, 1.82) is 0 Å². The maximum atomic E-state index is 11.4. The van der Waals surface area contributed by atoms with Gasteiger partial charge in [0.15, 0.2) is 0 Å². The number of hydrogen-bond acceptors (Lipinski definition) is 5. The van der Waals surface area contributed by atoms with Gasteiger partial charge in [-0.05, 0) is 54.8 Å². The highest BCUT2D eigenvalue weighted by atomic mass is 16.7. The number of esters is 2. The second-order valence-electron chi connectivity index (χ2n) is 10.1. The number of ether oxygens (including phenoxy) is 3. The summed E-state index contributed by atoms with van der Waals surface area (Å²) in [5.74, 6) is 0.259. The summed E-state index contributed by atoms with van der Waals surface area (Å²) in [6.45, 7) is 14.5. The zero-order valence-corrected chi connectivity index (χ0v) is 18.6. The average molecular weight is 405 g/mol. The minimum absolute atomic E-state index is 0.187. The van der Waals surface area contributed by atoms with Crippen molar-refractivity contribution in [2.45, 2.75) is 92.0 Å². The molecule has 1 heterocycles. The molecule has 0 bridgehead atoms. The van der Waals surface area contributed by atoms with E-state index in [4.69, 9.17) is 14.2 Å². The van der Waals surface area contributed by atoms with Crippen LogP contribution in [0.25, 0.3) is 0 Å². The van der Waals surface area contributed by atoms with Crippen LogP contribution in [0.4, 0.5) is 0 Å². The smallest absolute Gasteiger partial charge is 0.307 e. The van der Waals surface area contributed by atoms with Gasteiger partial charge in [0.05, 0.1) is 12.4 Å². The molecule has 0 spiro atoms. The Hall–Kier alpha value is -1.62. The van der Waals surface area contributed by atoms with E-state index >= 15 is 0 Å². The van der Waals surface area contributed by atoms with Gasteiger partial charge in [0, 0.05) is 25.8 Å². The highest BCUT2D eigenvalue weighted by Crippen LogP contribution is 2.62. The predicted octanol–water partition coefficient (Wildman–Crippen LogP) is 5.30. The van der Waals surface area contributed by atoms with Crippen LogP contribution < -0.4 is 0 Å². The molecule has 3 fully saturated rings. The Morgan fingerprint density at radius 1 is 1.21 bits per heavy atom. The molecular formula is C24H36O5. The molecule has 0 radical (unpaired) electrons. The number of allylic oxidation sites excluding steroid dienone is 1. The molecule has 0 N–H and O–H groups in total. The topological polar surface area (TPSA) is 61.8 Å². The van der Waals surface area contributed by atoms with Crippen molar-refractivity contribution < 1.29 is 23.8 Å². The van der Waals surface area contributed by atoms with E-state index in [1.807, 2.05) is 0 Å². The molecule has 29 heavy (non-hydrogen) atoms. The zero-order valence-electron chi connectivity index (χ0n) is 18.6. The maximum Gasteiger partial charge on any atom is 0.307 e. The summed E-state index contributed by atoms with van der Waals surface area (Å²) in [5.41, 5.74) is 2.69. The minimum Gasteiger partial charge on any atom is -0.436 e. The van der Waals surface area contributed by atoms with E-state index in [1.54, 1.807) is 0 Å². The SMILES string of the molecule is C=C1CCC2C(C)(C)CCC[C@]2(C)[C@H]1C[C@@H]1O[C@@H](OC(C)=O)C/C1=C\OC(C)=O. The molecule has 5 atom stereocenters. The maximum absolute atomic E-state index is 11.4. The molecule has 1 unspecified atom stereocenters. The normalized spacial score (nSPS) is 37.8. The van der Waals surface area contributed by atoms with Crippen LogP contribution in [0.15, 0.2) is 24.0 Å². The molecule has 0 aromatic rings.